The van der Waals surface area contributed by atoms with Gasteiger partial charge in [-0.2, -0.15) is 0 Å². The van der Waals surface area contributed by atoms with Gasteiger partial charge in [0.2, 0.25) is 5.91 Å². The number of nitrogens with one attached hydrogen (secondary N) is 2. The van der Waals surface area contributed by atoms with Crippen molar-refractivity contribution in [1.82, 2.24) is 5.32 Å². The zero-order valence-electron chi connectivity index (χ0n) is 12.6. The lowest BCUT2D eigenvalue weighted by Gasteiger charge is -2.07. The number of anilines is 1. The highest BCUT2D eigenvalue weighted by atomic mass is 32.2. The van der Waals surface area contributed by atoms with Crippen LogP contribution in [0, 0.1) is 5.82 Å². The Balaban J connectivity index is 1.82. The molecule has 0 fully saturated rings. The molecule has 0 aliphatic carbocycles. The maximum atomic E-state index is 12.8. The van der Waals surface area contributed by atoms with Crippen molar-refractivity contribution in [2.45, 2.75) is 5.75 Å². The first-order valence-corrected chi connectivity index (χ1v) is 8.18. The number of carbonyl (C=O) groups excluding carboxylic acids is 2. The van der Waals surface area contributed by atoms with Gasteiger partial charge < -0.3 is 10.6 Å². The van der Waals surface area contributed by atoms with Crippen LogP contribution in [0.5, 0.6) is 0 Å². The fourth-order valence-electron chi connectivity index (χ4n) is 1.92. The van der Waals surface area contributed by atoms with Gasteiger partial charge in [-0.05, 0) is 35.9 Å². The smallest absolute Gasteiger partial charge is 0.251 e. The Kier molecular flexibility index (Phi) is 6.17. The molecule has 2 amide bonds. The van der Waals surface area contributed by atoms with Crippen LogP contribution < -0.4 is 10.6 Å². The third-order valence-corrected chi connectivity index (χ3v) is 4.05. The molecule has 0 atom stereocenters. The number of rotatable bonds is 6. The van der Waals surface area contributed by atoms with Crippen LogP contribution in [-0.4, -0.2) is 24.6 Å². The van der Waals surface area contributed by atoms with Gasteiger partial charge in [0, 0.05) is 24.1 Å². The van der Waals surface area contributed by atoms with Gasteiger partial charge in [0.1, 0.15) is 5.82 Å². The minimum atomic E-state index is -0.271. The second-order valence-corrected chi connectivity index (χ2v) is 5.81. The number of hydrogen-bond donors (Lipinski definition) is 2. The fourth-order valence-corrected chi connectivity index (χ4v) is 2.71. The molecule has 2 rings (SSSR count). The van der Waals surface area contributed by atoms with Crippen molar-refractivity contribution in [1.29, 1.82) is 0 Å². The largest absolute Gasteiger partial charge is 0.355 e. The standard InChI is InChI=1S/C17H17FN2O2S/c1-19-17(22)13-3-2-4-15(9-13)20-16(21)11-23-10-12-5-7-14(18)8-6-12/h2-9H,10-11H2,1H3,(H,19,22)(H,20,21). The van der Waals surface area contributed by atoms with E-state index in [1.165, 1.54) is 23.9 Å². The van der Waals surface area contributed by atoms with E-state index in [9.17, 15) is 14.0 Å². The van der Waals surface area contributed by atoms with E-state index in [1.54, 1.807) is 43.4 Å². The lowest BCUT2D eigenvalue weighted by molar-refractivity contribution is -0.113. The summed E-state index contributed by atoms with van der Waals surface area (Å²) in [7, 11) is 1.56. The Hall–Kier alpha value is -2.34. The first-order chi connectivity index (χ1) is 11.1. The van der Waals surface area contributed by atoms with Crippen LogP contribution in [0.1, 0.15) is 15.9 Å². The summed E-state index contributed by atoms with van der Waals surface area (Å²) in [6.07, 6.45) is 0. The van der Waals surface area contributed by atoms with Crippen LogP contribution in [0.25, 0.3) is 0 Å². The molecular weight excluding hydrogens is 315 g/mol. The molecular formula is C17H17FN2O2S. The van der Waals surface area contributed by atoms with E-state index in [0.717, 1.165) is 5.56 Å². The molecule has 0 aliphatic rings. The summed E-state index contributed by atoms with van der Waals surface area (Å²) < 4.78 is 12.8. The summed E-state index contributed by atoms with van der Waals surface area (Å²) in [5.41, 5.74) is 2.04. The van der Waals surface area contributed by atoms with Crippen molar-refractivity contribution in [3.05, 3.63) is 65.5 Å². The molecule has 2 aromatic rings. The van der Waals surface area contributed by atoms with Crippen molar-refractivity contribution >= 4 is 29.3 Å². The molecule has 0 spiro atoms. The van der Waals surface area contributed by atoms with Crippen LogP contribution in [0.3, 0.4) is 0 Å². The summed E-state index contributed by atoms with van der Waals surface area (Å²) in [5.74, 6) is 0.290. The van der Waals surface area contributed by atoms with Crippen molar-refractivity contribution in [2.75, 3.05) is 18.1 Å². The number of amides is 2. The van der Waals surface area contributed by atoms with Crippen molar-refractivity contribution in [3.8, 4) is 0 Å². The SMILES string of the molecule is CNC(=O)c1cccc(NC(=O)CSCc2ccc(F)cc2)c1. The summed E-state index contributed by atoms with van der Waals surface area (Å²) in [6, 6.07) is 13.0. The topological polar surface area (TPSA) is 58.2 Å². The molecule has 120 valence electrons. The molecule has 0 saturated carbocycles. The summed E-state index contributed by atoms with van der Waals surface area (Å²) in [6.45, 7) is 0. The molecule has 0 heterocycles. The van der Waals surface area contributed by atoms with Gasteiger partial charge in [-0.25, -0.2) is 4.39 Å². The third kappa shape index (κ3) is 5.41. The Bertz CT molecular complexity index is 689. The van der Waals surface area contributed by atoms with Crippen LogP contribution >= 0.6 is 11.8 Å². The lowest BCUT2D eigenvalue weighted by atomic mass is 10.2. The summed E-state index contributed by atoms with van der Waals surface area (Å²) in [4.78, 5) is 23.5. The van der Waals surface area contributed by atoms with E-state index in [1.807, 2.05) is 0 Å². The van der Waals surface area contributed by atoms with Gasteiger partial charge in [0.05, 0.1) is 5.75 Å². The number of benzene rings is 2. The Morgan fingerprint density at radius 1 is 1.13 bits per heavy atom. The number of thioether (sulfide) groups is 1. The second kappa shape index (κ2) is 8.33. The average molecular weight is 332 g/mol. The molecule has 2 N–H and O–H groups in total. The highest BCUT2D eigenvalue weighted by molar-refractivity contribution is 7.99. The van der Waals surface area contributed by atoms with Gasteiger partial charge in [-0.3, -0.25) is 9.59 Å². The van der Waals surface area contributed by atoms with E-state index in [0.29, 0.717) is 17.0 Å². The predicted octanol–water partition coefficient (Wildman–Crippen LogP) is 3.06. The van der Waals surface area contributed by atoms with E-state index in [4.69, 9.17) is 0 Å². The van der Waals surface area contributed by atoms with Gasteiger partial charge in [-0.1, -0.05) is 18.2 Å². The van der Waals surface area contributed by atoms with E-state index in [-0.39, 0.29) is 23.4 Å². The molecule has 0 aliphatic heterocycles. The molecule has 4 nitrogen and oxygen atoms in total. The quantitative estimate of drug-likeness (QED) is 0.855. The third-order valence-electron chi connectivity index (χ3n) is 3.05. The number of halogens is 1. The molecule has 0 aromatic heterocycles. The van der Waals surface area contributed by atoms with Crippen LogP contribution in [0.4, 0.5) is 10.1 Å². The van der Waals surface area contributed by atoms with E-state index < -0.39 is 0 Å². The van der Waals surface area contributed by atoms with Crippen molar-refractivity contribution < 1.29 is 14.0 Å². The van der Waals surface area contributed by atoms with Gasteiger partial charge in [0.15, 0.2) is 0 Å². The first kappa shape index (κ1) is 17.0. The monoisotopic (exact) mass is 332 g/mol. The van der Waals surface area contributed by atoms with Crippen molar-refractivity contribution in [2.24, 2.45) is 0 Å². The maximum Gasteiger partial charge on any atom is 0.251 e. The number of hydrogen-bond acceptors (Lipinski definition) is 3. The highest BCUT2D eigenvalue weighted by Gasteiger charge is 2.07. The van der Waals surface area contributed by atoms with E-state index >= 15 is 0 Å². The first-order valence-electron chi connectivity index (χ1n) is 7.02. The van der Waals surface area contributed by atoms with Gasteiger partial charge in [-0.15, -0.1) is 11.8 Å². The summed E-state index contributed by atoms with van der Waals surface area (Å²) in [5, 5.41) is 5.29. The van der Waals surface area contributed by atoms with Crippen LogP contribution in [-0.2, 0) is 10.5 Å². The minimum absolute atomic E-state index is 0.147. The zero-order valence-corrected chi connectivity index (χ0v) is 13.5. The molecule has 0 bridgehead atoms. The molecule has 23 heavy (non-hydrogen) atoms. The minimum Gasteiger partial charge on any atom is -0.355 e. The highest BCUT2D eigenvalue weighted by Crippen LogP contribution is 2.15. The molecule has 2 aromatic carbocycles. The Morgan fingerprint density at radius 2 is 1.87 bits per heavy atom. The molecule has 0 radical (unpaired) electrons. The fraction of sp³-hybridized carbons (Fsp3) is 0.176. The normalized spacial score (nSPS) is 10.2. The number of carbonyl (C=O) groups is 2. The molecule has 0 saturated heterocycles. The lowest BCUT2D eigenvalue weighted by Crippen LogP contribution is -2.19. The molecule has 0 unspecified atom stereocenters. The summed E-state index contributed by atoms with van der Waals surface area (Å²) >= 11 is 1.44. The van der Waals surface area contributed by atoms with Crippen molar-refractivity contribution in [3.63, 3.8) is 0 Å². The second-order valence-electron chi connectivity index (χ2n) is 4.83. The van der Waals surface area contributed by atoms with E-state index in [2.05, 4.69) is 10.6 Å². The maximum absolute atomic E-state index is 12.8. The molecule has 6 heteroatoms. The average Bonchev–Trinajstić information content (AvgIpc) is 2.56. The zero-order chi connectivity index (χ0) is 16.7. The van der Waals surface area contributed by atoms with Gasteiger partial charge in [0.25, 0.3) is 5.91 Å². The van der Waals surface area contributed by atoms with Crippen LogP contribution in [0.2, 0.25) is 0 Å². The predicted molar refractivity (Wildman–Crippen MR) is 91.0 cm³/mol. The van der Waals surface area contributed by atoms with Crippen LogP contribution in [0.15, 0.2) is 48.5 Å². The Labute approximate surface area is 138 Å². The Morgan fingerprint density at radius 3 is 2.57 bits per heavy atom. The van der Waals surface area contributed by atoms with Gasteiger partial charge >= 0.3 is 0 Å².